The Morgan fingerprint density at radius 1 is 0.971 bits per heavy atom. The molecule has 12 atom stereocenters. The largest absolute Gasteiger partial charge is 0.456 e. The maximum atomic E-state index is 14.5. The molecule has 3 aliphatic heterocycles. The maximum absolute atomic E-state index is 14.5. The second-order valence-electron chi connectivity index (χ2n) is 20.0. The first-order valence-electron chi connectivity index (χ1n) is 24.7. The lowest BCUT2D eigenvalue weighted by molar-refractivity contribution is -0.344. The topological polar surface area (TPSA) is 184 Å². The van der Waals surface area contributed by atoms with Gasteiger partial charge >= 0.3 is 5.97 Å². The number of Topliss-reactive ketones (excluding diaryl/α,β-unsaturated/α-hetero) is 3. The number of cyclic esters (lactones) is 1. The van der Waals surface area contributed by atoms with Crippen molar-refractivity contribution in [2.24, 2.45) is 29.6 Å². The number of thiophene rings is 1. The molecule has 14 nitrogen and oxygen atoms in total. The highest BCUT2D eigenvalue weighted by atomic mass is 32.1. The molecule has 3 fully saturated rings. The highest BCUT2D eigenvalue weighted by molar-refractivity contribution is 7.17. The predicted octanol–water partition coefficient (Wildman–Crippen LogP) is 7.94. The van der Waals surface area contributed by atoms with E-state index in [-0.39, 0.29) is 61.6 Å². The van der Waals surface area contributed by atoms with Gasteiger partial charge in [-0.2, -0.15) is 0 Å². The van der Waals surface area contributed by atoms with E-state index in [1.165, 1.54) is 19.1 Å². The number of hydrogen-bond acceptors (Lipinski definition) is 14. The van der Waals surface area contributed by atoms with E-state index >= 15 is 0 Å². The van der Waals surface area contributed by atoms with E-state index in [1.807, 2.05) is 69.5 Å². The van der Waals surface area contributed by atoms with Crippen molar-refractivity contribution in [1.29, 1.82) is 0 Å². The summed E-state index contributed by atoms with van der Waals surface area (Å²) in [5, 5.41) is 27.1. The van der Waals surface area contributed by atoms with E-state index in [0.29, 0.717) is 75.3 Å². The highest BCUT2D eigenvalue weighted by Gasteiger charge is 2.57. The molecule has 1 aromatic carbocycles. The van der Waals surface area contributed by atoms with Crippen LogP contribution >= 0.6 is 11.3 Å². The van der Waals surface area contributed by atoms with E-state index < -0.39 is 71.3 Å². The van der Waals surface area contributed by atoms with E-state index in [2.05, 4.69) is 0 Å². The molecule has 15 heteroatoms. The van der Waals surface area contributed by atoms with Crippen LogP contribution < -0.4 is 0 Å². The van der Waals surface area contributed by atoms with Gasteiger partial charge in [-0.1, -0.05) is 57.6 Å². The van der Waals surface area contributed by atoms with Crippen molar-refractivity contribution in [3.63, 3.8) is 0 Å². The molecule has 1 saturated carbocycles. The first-order chi connectivity index (χ1) is 32.4. The third-order valence-corrected chi connectivity index (χ3v) is 16.1. The predicted molar refractivity (Wildman–Crippen MR) is 258 cm³/mol. The number of piperidine rings is 1. The summed E-state index contributed by atoms with van der Waals surface area (Å²) in [5.41, 5.74) is 2.21. The van der Waals surface area contributed by atoms with Gasteiger partial charge in [0.1, 0.15) is 30.6 Å². The molecular weight excluding hydrogens is 891 g/mol. The fourth-order valence-corrected chi connectivity index (χ4v) is 11.9. The molecule has 0 radical (unpaired) electrons. The lowest BCUT2D eigenvalue weighted by atomic mass is 9.81. The Kier molecular flexibility index (Phi) is 18.5. The first kappa shape index (κ1) is 53.7. The number of esters is 1. The fourth-order valence-electron chi connectivity index (χ4n) is 11.0. The van der Waals surface area contributed by atoms with Gasteiger partial charge in [-0.3, -0.25) is 19.2 Å². The van der Waals surface area contributed by atoms with Crippen LogP contribution in [0.25, 0.3) is 10.1 Å². The summed E-state index contributed by atoms with van der Waals surface area (Å²) >= 11 is 1.58. The summed E-state index contributed by atoms with van der Waals surface area (Å²) in [5.74, 6) is -9.25. The molecule has 68 heavy (non-hydrogen) atoms. The number of rotatable bonds is 10. The smallest absolute Gasteiger partial charge is 0.329 e. The zero-order valence-electron chi connectivity index (χ0n) is 41.5. The molecule has 1 aliphatic carbocycles. The molecule has 2 aromatic rings. The molecule has 4 heterocycles. The number of allylic oxidation sites excluding steroid dienone is 3. The zero-order chi connectivity index (χ0) is 49.5. The summed E-state index contributed by atoms with van der Waals surface area (Å²) in [6.45, 7) is 11.2. The van der Waals surface area contributed by atoms with Crippen molar-refractivity contribution >= 4 is 50.6 Å². The fraction of sp³-hybridized carbons (Fsp3) is 0.679. The van der Waals surface area contributed by atoms with Crippen LogP contribution in [0.5, 0.6) is 0 Å². The van der Waals surface area contributed by atoms with Crippen molar-refractivity contribution in [3.8, 4) is 0 Å². The Morgan fingerprint density at radius 2 is 1.72 bits per heavy atom. The van der Waals surface area contributed by atoms with Gasteiger partial charge in [-0.15, -0.1) is 11.3 Å². The molecule has 1 aromatic heterocycles. The lowest BCUT2D eigenvalue weighted by Crippen LogP contribution is -2.64. The van der Waals surface area contributed by atoms with Crippen LogP contribution in [0.1, 0.15) is 129 Å². The molecule has 12 unspecified atom stereocenters. The number of carbonyl (C=O) groups excluding carboxylic acids is 5. The number of aliphatic hydroxyl groups is 2. The molecule has 6 rings (SSSR count). The number of hydrogen-bond donors (Lipinski definition) is 2. The number of fused-ring (bicyclic) bond motifs is 4. The quantitative estimate of drug-likeness (QED) is 0.0770. The van der Waals surface area contributed by atoms with Crippen LogP contribution in [-0.2, 0) is 47.6 Å². The average molecular weight is 966 g/mol. The molecule has 376 valence electrons. The molecule has 4 aliphatic rings. The highest BCUT2D eigenvalue weighted by Crippen LogP contribution is 2.42. The van der Waals surface area contributed by atoms with Gasteiger partial charge in [0.05, 0.1) is 18.3 Å². The summed E-state index contributed by atoms with van der Waals surface area (Å²) in [6, 6.07) is 6.51. The van der Waals surface area contributed by atoms with E-state index in [0.717, 1.165) is 15.7 Å². The minimum atomic E-state index is -2.53. The zero-order valence-corrected chi connectivity index (χ0v) is 42.3. The van der Waals surface area contributed by atoms with Crippen LogP contribution in [0.3, 0.4) is 0 Å². The second-order valence-corrected chi connectivity index (χ2v) is 21.0. The number of amides is 1. The molecule has 2 bridgehead atoms. The monoisotopic (exact) mass is 965 g/mol. The van der Waals surface area contributed by atoms with Gasteiger partial charge in [0.2, 0.25) is 5.79 Å². The number of nitrogens with zero attached hydrogens (tertiary/aromatic N) is 1. The third-order valence-electron chi connectivity index (χ3n) is 15.2. The number of ketones is 3. The van der Waals surface area contributed by atoms with Crippen molar-refractivity contribution < 1.29 is 62.6 Å². The van der Waals surface area contributed by atoms with Crippen LogP contribution in [0.15, 0.2) is 52.9 Å². The Bertz CT molecular complexity index is 2160. The minimum absolute atomic E-state index is 0.0473. The third kappa shape index (κ3) is 12.1. The normalized spacial score (nSPS) is 34.2. The Labute approximate surface area is 406 Å². The number of carbonyl (C=O) groups is 5. The first-order valence-corrected chi connectivity index (χ1v) is 25.5. The summed E-state index contributed by atoms with van der Waals surface area (Å²) < 4.78 is 37.8. The van der Waals surface area contributed by atoms with Gasteiger partial charge in [0.25, 0.3) is 11.7 Å². The van der Waals surface area contributed by atoms with Crippen LogP contribution in [-0.4, -0.2) is 127 Å². The molecule has 1 amide bonds. The lowest BCUT2D eigenvalue weighted by Gasteiger charge is -2.48. The number of ether oxygens (including phenoxy) is 6. The van der Waals surface area contributed by atoms with Crippen molar-refractivity contribution in [1.82, 2.24) is 4.90 Å². The van der Waals surface area contributed by atoms with Crippen LogP contribution in [0.2, 0.25) is 0 Å². The van der Waals surface area contributed by atoms with Crippen LogP contribution in [0.4, 0.5) is 0 Å². The van der Waals surface area contributed by atoms with E-state index in [1.54, 1.807) is 32.3 Å². The minimum Gasteiger partial charge on any atom is -0.456 e. The Hall–Kier alpha value is -3.67. The Morgan fingerprint density at radius 3 is 2.43 bits per heavy atom. The van der Waals surface area contributed by atoms with Crippen molar-refractivity contribution in [2.75, 3.05) is 34.5 Å². The number of methoxy groups -OCH3 is 3. The van der Waals surface area contributed by atoms with Crippen molar-refractivity contribution in [2.45, 2.75) is 167 Å². The Balaban J connectivity index is 1.27. The molecule has 2 N–H and O–H groups in total. The SMILES string of the molecule is CCC1C=C(C)CC(C)CC(OC)(OC)C2CCC(C)C(O)(O2)C(=O)C(=O)N2CCCCC2C(=O)OC(C(C)=CC2CCC(OCC(=O)c3ccc4ccsc4c3)C(OC)C2)C(C)C(O)CC1=O. The second kappa shape index (κ2) is 23.5. The van der Waals surface area contributed by atoms with E-state index in [9.17, 15) is 34.2 Å². The average Bonchev–Trinajstić information content (AvgIpc) is 3.81. The number of benzene rings is 1. The van der Waals surface area contributed by atoms with Crippen LogP contribution in [0, 0.1) is 29.6 Å². The van der Waals surface area contributed by atoms with E-state index in [4.69, 9.17) is 28.4 Å². The van der Waals surface area contributed by atoms with Gasteiger partial charge in [-0.05, 0) is 118 Å². The molecular formula is C53H75NO13S. The summed E-state index contributed by atoms with van der Waals surface area (Å²) in [7, 11) is 4.58. The molecule has 2 saturated heterocycles. The van der Waals surface area contributed by atoms with Gasteiger partial charge < -0.3 is 43.5 Å². The standard InChI is InChI=1S/C53H75NO13S/c1-10-37-24-31(2)23-32(3)29-52(63-8,64-9)47-19-14-34(5)53(61,67-47)49(58)50(59)54-21-12-11-13-40(54)51(60)66-48(35(6)41(55)28-42(37)56)33(4)25-36-15-18-44(45(26-36)62-7)65-30-43(57)39-17-16-38-20-22-68-46(38)27-39/h16-17,20,22,24-25,27,32,34-37,40-41,44-45,47-48,55,61H,10-15,18-19,21,23,26,28-30H2,1-9H3. The maximum Gasteiger partial charge on any atom is 0.329 e. The summed E-state index contributed by atoms with van der Waals surface area (Å²) in [6.07, 6.45) is 5.27. The van der Waals surface area contributed by atoms with Gasteiger partial charge in [0.15, 0.2) is 11.6 Å². The van der Waals surface area contributed by atoms with Gasteiger partial charge in [-0.25, -0.2) is 4.79 Å². The molecule has 0 spiro atoms. The number of aliphatic hydroxyl groups excluding tert-OH is 1. The van der Waals surface area contributed by atoms with Crippen molar-refractivity contribution in [3.05, 3.63) is 58.5 Å². The summed E-state index contributed by atoms with van der Waals surface area (Å²) in [4.78, 5) is 71.7. The van der Waals surface area contributed by atoms with Gasteiger partial charge in [0, 0.05) is 68.7 Å².